The van der Waals surface area contributed by atoms with E-state index >= 15 is 0 Å². The van der Waals surface area contributed by atoms with Crippen LogP contribution in [0.3, 0.4) is 0 Å². The number of ether oxygens (including phenoxy) is 1. The van der Waals surface area contributed by atoms with E-state index in [4.69, 9.17) is 10.5 Å². The van der Waals surface area contributed by atoms with Gasteiger partial charge in [-0.2, -0.15) is 0 Å². The van der Waals surface area contributed by atoms with E-state index in [1.807, 2.05) is 32.6 Å². The fraction of sp³-hybridized carbons (Fsp3) is 0.875. The van der Waals surface area contributed by atoms with Gasteiger partial charge in [0.25, 0.3) is 0 Å². The fourth-order valence-electron chi connectivity index (χ4n) is 2.66. The fourth-order valence-corrected chi connectivity index (χ4v) is 2.66. The minimum Gasteiger partial charge on any atom is -0.444 e. The second-order valence-electron chi connectivity index (χ2n) is 6.99. The van der Waals surface area contributed by atoms with Crippen LogP contribution in [0.15, 0.2) is 0 Å². The van der Waals surface area contributed by atoms with Gasteiger partial charge in [-0.15, -0.1) is 0 Å². The zero-order valence-corrected chi connectivity index (χ0v) is 14.6. The highest BCUT2D eigenvalue weighted by Gasteiger charge is 2.31. The van der Waals surface area contributed by atoms with Gasteiger partial charge in [0.2, 0.25) is 5.91 Å². The molecule has 1 fully saturated rings. The molecule has 1 aliphatic rings. The summed E-state index contributed by atoms with van der Waals surface area (Å²) in [6.45, 7) is 11.0. The molecule has 0 spiro atoms. The van der Waals surface area contributed by atoms with Gasteiger partial charge in [-0.05, 0) is 53.9 Å². The Morgan fingerprint density at radius 2 is 2.00 bits per heavy atom. The van der Waals surface area contributed by atoms with Crippen molar-refractivity contribution in [1.82, 2.24) is 9.80 Å². The van der Waals surface area contributed by atoms with Crippen LogP contribution in [-0.4, -0.2) is 59.1 Å². The van der Waals surface area contributed by atoms with Crippen molar-refractivity contribution in [2.24, 2.45) is 5.73 Å². The van der Waals surface area contributed by atoms with Crippen LogP contribution in [0.2, 0.25) is 0 Å². The normalized spacial score (nSPS) is 20.5. The maximum Gasteiger partial charge on any atom is 0.410 e. The first kappa shape index (κ1) is 18.7. The topological polar surface area (TPSA) is 75.9 Å². The van der Waals surface area contributed by atoms with E-state index in [1.54, 1.807) is 11.8 Å². The lowest BCUT2D eigenvalue weighted by Gasteiger charge is -2.39. The second-order valence-corrected chi connectivity index (χ2v) is 6.99. The van der Waals surface area contributed by atoms with Crippen LogP contribution in [-0.2, 0) is 9.53 Å². The first-order valence-corrected chi connectivity index (χ1v) is 8.19. The minimum atomic E-state index is -0.516. The predicted molar refractivity (Wildman–Crippen MR) is 86.5 cm³/mol. The van der Waals surface area contributed by atoms with Crippen molar-refractivity contribution in [3.63, 3.8) is 0 Å². The highest BCUT2D eigenvalue weighted by molar-refractivity contribution is 5.81. The van der Waals surface area contributed by atoms with Gasteiger partial charge < -0.3 is 20.3 Å². The highest BCUT2D eigenvalue weighted by atomic mass is 16.6. The van der Waals surface area contributed by atoms with Gasteiger partial charge in [0.15, 0.2) is 0 Å². The van der Waals surface area contributed by atoms with E-state index in [1.165, 1.54) is 0 Å². The molecule has 6 heteroatoms. The van der Waals surface area contributed by atoms with Crippen LogP contribution in [0.5, 0.6) is 0 Å². The summed E-state index contributed by atoms with van der Waals surface area (Å²) in [6.07, 6.45) is 2.64. The summed E-state index contributed by atoms with van der Waals surface area (Å²) >= 11 is 0. The second kappa shape index (κ2) is 7.81. The molecule has 22 heavy (non-hydrogen) atoms. The summed E-state index contributed by atoms with van der Waals surface area (Å²) in [5.41, 5.74) is 5.22. The Bertz CT molecular complexity index is 391. The van der Waals surface area contributed by atoms with Gasteiger partial charge in [0, 0.05) is 25.7 Å². The summed E-state index contributed by atoms with van der Waals surface area (Å²) < 4.78 is 5.43. The van der Waals surface area contributed by atoms with E-state index < -0.39 is 11.6 Å². The monoisotopic (exact) mass is 313 g/mol. The molecule has 2 N–H and O–H groups in total. The van der Waals surface area contributed by atoms with Crippen LogP contribution in [0.4, 0.5) is 4.79 Å². The van der Waals surface area contributed by atoms with Crippen molar-refractivity contribution >= 4 is 12.0 Å². The van der Waals surface area contributed by atoms with Crippen molar-refractivity contribution in [1.29, 1.82) is 0 Å². The molecule has 128 valence electrons. The standard InChI is InChI=1S/C16H31N3O3/c1-6-18(15(21)22-16(3,4)5)11-13-9-7-8-10-19(13)14(20)12(2)17/h12-13H,6-11,17H2,1-5H3/t12-,13+/m0/s1. The predicted octanol–water partition coefficient (Wildman–Crippen LogP) is 1.97. The molecule has 1 saturated heterocycles. The first-order chi connectivity index (χ1) is 10.2. The van der Waals surface area contributed by atoms with Gasteiger partial charge in [0.05, 0.1) is 6.04 Å². The van der Waals surface area contributed by atoms with Crippen LogP contribution in [0.1, 0.15) is 53.9 Å². The third-order valence-corrected chi connectivity index (χ3v) is 3.76. The lowest BCUT2D eigenvalue weighted by molar-refractivity contribution is -0.136. The molecule has 0 aromatic heterocycles. The minimum absolute atomic E-state index is 0.0275. The summed E-state index contributed by atoms with van der Waals surface area (Å²) in [4.78, 5) is 28.0. The summed E-state index contributed by atoms with van der Waals surface area (Å²) in [5, 5.41) is 0. The molecule has 1 heterocycles. The zero-order chi connectivity index (χ0) is 16.9. The molecule has 0 bridgehead atoms. The average molecular weight is 313 g/mol. The maximum absolute atomic E-state index is 12.2. The molecule has 0 aliphatic carbocycles. The van der Waals surface area contributed by atoms with E-state index in [2.05, 4.69) is 0 Å². The largest absolute Gasteiger partial charge is 0.444 e. The molecule has 6 nitrogen and oxygen atoms in total. The van der Waals surface area contributed by atoms with Gasteiger partial charge in [-0.3, -0.25) is 4.79 Å². The number of carbonyl (C=O) groups is 2. The molecule has 0 radical (unpaired) electrons. The number of likely N-dealkylation sites (tertiary alicyclic amines) is 1. The van der Waals surface area contributed by atoms with Crippen molar-refractivity contribution in [2.45, 2.75) is 71.6 Å². The quantitative estimate of drug-likeness (QED) is 0.861. The van der Waals surface area contributed by atoms with Crippen LogP contribution < -0.4 is 5.73 Å². The number of nitrogens with two attached hydrogens (primary N) is 1. The molecule has 0 aromatic carbocycles. The Labute approximate surface area is 134 Å². The van der Waals surface area contributed by atoms with Crippen LogP contribution in [0.25, 0.3) is 0 Å². The highest BCUT2D eigenvalue weighted by Crippen LogP contribution is 2.20. The van der Waals surface area contributed by atoms with Crippen LogP contribution in [0, 0.1) is 0 Å². The van der Waals surface area contributed by atoms with Crippen molar-refractivity contribution in [2.75, 3.05) is 19.6 Å². The molecule has 2 atom stereocenters. The third kappa shape index (κ3) is 5.48. The number of piperidine rings is 1. The summed E-state index contributed by atoms with van der Waals surface area (Å²) in [5.74, 6) is -0.0371. The number of rotatable bonds is 4. The molecule has 1 rings (SSSR count). The smallest absolute Gasteiger partial charge is 0.410 e. The third-order valence-electron chi connectivity index (χ3n) is 3.76. The van der Waals surface area contributed by atoms with Gasteiger partial charge >= 0.3 is 6.09 Å². The number of nitrogens with zero attached hydrogens (tertiary/aromatic N) is 2. The number of hydrogen-bond acceptors (Lipinski definition) is 4. The molecule has 2 amide bonds. The SMILES string of the molecule is CCN(C[C@H]1CCCCN1C(=O)[C@H](C)N)C(=O)OC(C)(C)C. The zero-order valence-electron chi connectivity index (χ0n) is 14.6. The Kier molecular flexibility index (Phi) is 6.66. The summed E-state index contributed by atoms with van der Waals surface area (Å²) in [7, 11) is 0. The van der Waals surface area contributed by atoms with Gasteiger partial charge in [-0.1, -0.05) is 0 Å². The van der Waals surface area contributed by atoms with E-state index in [9.17, 15) is 9.59 Å². The Hall–Kier alpha value is -1.30. The number of carbonyl (C=O) groups excluding carboxylic acids is 2. The van der Waals surface area contributed by atoms with Crippen molar-refractivity contribution in [3.05, 3.63) is 0 Å². The number of likely N-dealkylation sites (N-methyl/N-ethyl adjacent to an activating group) is 1. The number of hydrogen-bond donors (Lipinski definition) is 1. The summed E-state index contributed by atoms with van der Waals surface area (Å²) in [6, 6.07) is -0.475. The van der Waals surface area contributed by atoms with E-state index in [0.717, 1.165) is 25.8 Å². The lowest BCUT2D eigenvalue weighted by Crippen LogP contribution is -2.54. The lowest BCUT2D eigenvalue weighted by atomic mass is 10.0. The maximum atomic E-state index is 12.2. The molecule has 1 aliphatic heterocycles. The Morgan fingerprint density at radius 1 is 1.36 bits per heavy atom. The molecular weight excluding hydrogens is 282 g/mol. The van der Waals surface area contributed by atoms with Gasteiger partial charge in [0.1, 0.15) is 5.60 Å². The van der Waals surface area contributed by atoms with E-state index in [-0.39, 0.29) is 18.0 Å². The number of amides is 2. The molecular formula is C16H31N3O3. The molecule has 0 saturated carbocycles. The molecule has 0 aromatic rings. The van der Waals surface area contributed by atoms with Crippen molar-refractivity contribution in [3.8, 4) is 0 Å². The first-order valence-electron chi connectivity index (χ1n) is 8.19. The van der Waals surface area contributed by atoms with Crippen LogP contribution >= 0.6 is 0 Å². The Balaban J connectivity index is 2.74. The van der Waals surface area contributed by atoms with E-state index in [0.29, 0.717) is 13.1 Å². The molecule has 0 unspecified atom stereocenters. The average Bonchev–Trinajstić information content (AvgIpc) is 2.42. The van der Waals surface area contributed by atoms with Crippen molar-refractivity contribution < 1.29 is 14.3 Å². The Morgan fingerprint density at radius 3 is 2.50 bits per heavy atom. The van der Waals surface area contributed by atoms with Gasteiger partial charge in [-0.25, -0.2) is 4.79 Å².